The van der Waals surface area contributed by atoms with Crippen molar-refractivity contribution >= 4 is 23.7 Å². The Labute approximate surface area is 129 Å². The van der Waals surface area contributed by atoms with Gasteiger partial charge in [0.05, 0.1) is 13.1 Å². The summed E-state index contributed by atoms with van der Waals surface area (Å²) in [4.78, 5) is 45.5. The number of amides is 3. The van der Waals surface area contributed by atoms with Crippen molar-refractivity contribution in [2.75, 3.05) is 13.1 Å². The smallest absolute Gasteiger partial charge is 0.325 e. The molecule has 0 aliphatic heterocycles. The number of nitrogens with two attached hydrogens (primary N) is 1. The molecule has 9 heteroatoms. The molecule has 22 heavy (non-hydrogen) atoms. The van der Waals surface area contributed by atoms with Crippen molar-refractivity contribution in [1.29, 1.82) is 0 Å². The molecule has 0 aromatic rings. The molecule has 3 amide bonds. The lowest BCUT2D eigenvalue weighted by Gasteiger charge is -2.21. The van der Waals surface area contributed by atoms with E-state index in [2.05, 4.69) is 16.0 Å². The first kappa shape index (κ1) is 19.8. The van der Waals surface area contributed by atoms with Gasteiger partial charge in [0.2, 0.25) is 17.7 Å². The van der Waals surface area contributed by atoms with Gasteiger partial charge in [0, 0.05) is 0 Å². The minimum absolute atomic E-state index is 0.106. The third kappa shape index (κ3) is 8.20. The molecule has 0 fully saturated rings. The second-order valence-corrected chi connectivity index (χ2v) is 5.30. The number of nitrogens with one attached hydrogen (secondary N) is 3. The van der Waals surface area contributed by atoms with E-state index in [0.29, 0.717) is 6.42 Å². The number of carboxylic acids is 1. The maximum absolute atomic E-state index is 12.0. The molecule has 0 radical (unpaired) electrons. The van der Waals surface area contributed by atoms with Gasteiger partial charge >= 0.3 is 5.97 Å². The van der Waals surface area contributed by atoms with E-state index in [-0.39, 0.29) is 19.0 Å². The van der Waals surface area contributed by atoms with Gasteiger partial charge in [0.25, 0.3) is 0 Å². The normalized spacial score (nSPS) is 13.1. The highest BCUT2D eigenvalue weighted by atomic mass is 16.4. The molecule has 0 spiro atoms. The summed E-state index contributed by atoms with van der Waals surface area (Å²) in [5, 5.41) is 15.9. The molecule has 0 aliphatic rings. The molecule has 9 nitrogen and oxygen atoms in total. The summed E-state index contributed by atoms with van der Waals surface area (Å²) in [5.41, 5.74) is 5.09. The number of rotatable bonds is 9. The number of carbonyl (C=O) groups excluding carboxylic acids is 3. The predicted octanol–water partition coefficient (Wildman–Crippen LogP) is -1.82. The van der Waals surface area contributed by atoms with Gasteiger partial charge in [-0.05, 0) is 19.3 Å². The second-order valence-electron chi connectivity index (χ2n) is 5.30. The van der Waals surface area contributed by atoms with Crippen LogP contribution in [-0.2, 0) is 19.2 Å². The van der Waals surface area contributed by atoms with Gasteiger partial charge in [-0.25, -0.2) is 0 Å². The van der Waals surface area contributed by atoms with E-state index in [1.54, 1.807) is 0 Å². The van der Waals surface area contributed by atoms with Crippen LogP contribution in [0.4, 0.5) is 0 Å². The van der Waals surface area contributed by atoms with Crippen LogP contribution in [0.15, 0.2) is 0 Å². The molecule has 126 valence electrons. The predicted molar refractivity (Wildman–Crippen MR) is 78.7 cm³/mol. The van der Waals surface area contributed by atoms with E-state index in [4.69, 9.17) is 10.8 Å². The molecule has 2 atom stereocenters. The summed E-state index contributed by atoms with van der Waals surface area (Å²) in [5.74, 6) is -2.68. The number of hydrogen-bond donors (Lipinski definition) is 5. The molecule has 0 aromatic carbocycles. The fraction of sp³-hybridized carbons (Fsp3) is 0.692. The summed E-state index contributed by atoms with van der Waals surface area (Å²) in [7, 11) is 0. The number of aliphatic carboxylic acids is 1. The minimum atomic E-state index is -1.17. The lowest BCUT2D eigenvalue weighted by molar-refractivity contribution is -0.141. The van der Waals surface area contributed by atoms with Crippen molar-refractivity contribution in [3.05, 3.63) is 0 Å². The monoisotopic (exact) mass is 316 g/mol. The van der Waals surface area contributed by atoms with Crippen LogP contribution in [0, 0.1) is 5.92 Å². The standard InChI is InChI=1S/C13H24N4O5/c1-7(2)4-9(12(20)16-8(3)13(21)22)17-11(19)6-15-10(18)5-14/h7-9H,4-6,14H2,1-3H3,(H,15,18)(H,16,20)(H,17,19)(H,21,22). The average Bonchev–Trinajstić information content (AvgIpc) is 2.43. The van der Waals surface area contributed by atoms with Crippen molar-refractivity contribution in [3.63, 3.8) is 0 Å². The summed E-state index contributed by atoms with van der Waals surface area (Å²) in [6, 6.07) is -1.93. The molecule has 0 saturated carbocycles. The third-order valence-electron chi connectivity index (χ3n) is 2.72. The quantitative estimate of drug-likeness (QED) is 0.338. The van der Waals surface area contributed by atoms with Crippen LogP contribution in [0.2, 0.25) is 0 Å². The topological polar surface area (TPSA) is 151 Å². The Bertz CT molecular complexity index is 425. The first-order valence-electron chi connectivity index (χ1n) is 6.96. The molecule has 0 aromatic heterocycles. The highest BCUT2D eigenvalue weighted by molar-refractivity contribution is 5.91. The third-order valence-corrected chi connectivity index (χ3v) is 2.72. The van der Waals surface area contributed by atoms with Gasteiger partial charge in [0.1, 0.15) is 12.1 Å². The fourth-order valence-electron chi connectivity index (χ4n) is 1.58. The van der Waals surface area contributed by atoms with Crippen molar-refractivity contribution in [2.45, 2.75) is 39.3 Å². The maximum Gasteiger partial charge on any atom is 0.325 e. The highest BCUT2D eigenvalue weighted by Crippen LogP contribution is 2.05. The van der Waals surface area contributed by atoms with Crippen molar-refractivity contribution in [2.24, 2.45) is 11.7 Å². The fourth-order valence-corrected chi connectivity index (χ4v) is 1.58. The molecule has 0 rings (SSSR count). The lowest BCUT2D eigenvalue weighted by Crippen LogP contribution is -2.53. The molecular weight excluding hydrogens is 292 g/mol. The van der Waals surface area contributed by atoms with E-state index in [1.807, 2.05) is 13.8 Å². The lowest BCUT2D eigenvalue weighted by atomic mass is 10.0. The van der Waals surface area contributed by atoms with Crippen molar-refractivity contribution < 1.29 is 24.3 Å². The van der Waals surface area contributed by atoms with Gasteiger partial charge in [-0.2, -0.15) is 0 Å². The molecular formula is C13H24N4O5. The first-order valence-corrected chi connectivity index (χ1v) is 6.96. The summed E-state index contributed by atoms with van der Waals surface area (Å²) in [6.07, 6.45) is 0.342. The Morgan fingerprint density at radius 2 is 1.64 bits per heavy atom. The molecule has 6 N–H and O–H groups in total. The van der Waals surface area contributed by atoms with Gasteiger partial charge in [0.15, 0.2) is 0 Å². The van der Waals surface area contributed by atoms with Crippen LogP contribution in [0.25, 0.3) is 0 Å². The van der Waals surface area contributed by atoms with Gasteiger partial charge in [-0.3, -0.25) is 19.2 Å². The Morgan fingerprint density at radius 1 is 1.05 bits per heavy atom. The van der Waals surface area contributed by atoms with Crippen LogP contribution in [0.1, 0.15) is 27.2 Å². The SMILES string of the molecule is CC(C)CC(NC(=O)CNC(=O)CN)C(=O)NC(C)C(=O)O. The Morgan fingerprint density at radius 3 is 2.09 bits per heavy atom. The Hall–Kier alpha value is -2.16. The van der Waals surface area contributed by atoms with Crippen LogP contribution in [0.5, 0.6) is 0 Å². The van der Waals surface area contributed by atoms with Crippen LogP contribution < -0.4 is 21.7 Å². The van der Waals surface area contributed by atoms with E-state index in [1.165, 1.54) is 6.92 Å². The summed E-state index contributed by atoms with van der Waals surface area (Å²) in [6.45, 7) is 4.52. The van der Waals surface area contributed by atoms with Gasteiger partial charge < -0.3 is 26.8 Å². The van der Waals surface area contributed by atoms with Crippen LogP contribution in [0.3, 0.4) is 0 Å². The molecule has 0 saturated heterocycles. The summed E-state index contributed by atoms with van der Waals surface area (Å²) < 4.78 is 0. The summed E-state index contributed by atoms with van der Waals surface area (Å²) >= 11 is 0. The number of carboxylic acid groups (broad SMARTS) is 1. The zero-order valence-corrected chi connectivity index (χ0v) is 13.0. The maximum atomic E-state index is 12.0. The zero-order valence-electron chi connectivity index (χ0n) is 13.0. The molecule has 0 heterocycles. The second kappa shape index (κ2) is 9.72. The highest BCUT2D eigenvalue weighted by Gasteiger charge is 2.24. The van der Waals surface area contributed by atoms with Crippen molar-refractivity contribution in [3.8, 4) is 0 Å². The number of hydrogen-bond acceptors (Lipinski definition) is 5. The van der Waals surface area contributed by atoms with Crippen molar-refractivity contribution in [1.82, 2.24) is 16.0 Å². The van der Waals surface area contributed by atoms with E-state index in [9.17, 15) is 19.2 Å². The van der Waals surface area contributed by atoms with Crippen LogP contribution >= 0.6 is 0 Å². The average molecular weight is 316 g/mol. The molecule has 0 aliphatic carbocycles. The van der Waals surface area contributed by atoms with Gasteiger partial charge in [-0.1, -0.05) is 13.8 Å². The largest absolute Gasteiger partial charge is 0.480 e. The molecule has 2 unspecified atom stereocenters. The Kier molecular flexibility index (Phi) is 8.76. The first-order chi connectivity index (χ1) is 10.2. The minimum Gasteiger partial charge on any atom is -0.480 e. The van der Waals surface area contributed by atoms with Gasteiger partial charge in [-0.15, -0.1) is 0 Å². The number of carbonyl (C=O) groups is 4. The zero-order chi connectivity index (χ0) is 17.3. The molecule has 0 bridgehead atoms. The van der Waals surface area contributed by atoms with E-state index >= 15 is 0 Å². The van der Waals surface area contributed by atoms with Crippen LogP contribution in [-0.4, -0.2) is 54.0 Å². The Balaban J connectivity index is 4.62. The van der Waals surface area contributed by atoms with E-state index in [0.717, 1.165) is 0 Å². The van der Waals surface area contributed by atoms with E-state index < -0.39 is 35.8 Å².